The molecule has 0 aliphatic rings. The Bertz CT molecular complexity index is 671. The van der Waals surface area contributed by atoms with Gasteiger partial charge < -0.3 is 5.32 Å². The molecular weight excluding hydrogens is 254 g/mol. The van der Waals surface area contributed by atoms with Crippen LogP contribution in [0.5, 0.6) is 0 Å². The van der Waals surface area contributed by atoms with Gasteiger partial charge in [-0.2, -0.15) is 19.7 Å². The summed E-state index contributed by atoms with van der Waals surface area (Å²) in [5, 5.41) is 11.7. The maximum atomic E-state index is 4.48. The first kappa shape index (κ1) is 12.6. The van der Waals surface area contributed by atoms with E-state index >= 15 is 0 Å². The highest BCUT2D eigenvalue weighted by Crippen LogP contribution is 2.11. The molecule has 0 spiro atoms. The lowest BCUT2D eigenvalue weighted by molar-refractivity contribution is 0.635. The van der Waals surface area contributed by atoms with Crippen LogP contribution in [-0.4, -0.2) is 35.9 Å². The quantitative estimate of drug-likeness (QED) is 0.733. The van der Waals surface area contributed by atoms with Crippen LogP contribution in [0.1, 0.15) is 19.0 Å². The molecule has 0 unspecified atom stereocenters. The van der Waals surface area contributed by atoms with E-state index in [9.17, 15) is 0 Å². The fourth-order valence-corrected chi connectivity index (χ4v) is 2.10. The molecule has 20 heavy (non-hydrogen) atoms. The second-order valence-electron chi connectivity index (χ2n) is 4.55. The van der Waals surface area contributed by atoms with E-state index in [-0.39, 0.29) is 0 Å². The summed E-state index contributed by atoms with van der Waals surface area (Å²) in [6, 6.07) is 3.95. The lowest BCUT2D eigenvalue weighted by Gasteiger charge is -2.09. The molecule has 0 aliphatic carbocycles. The minimum atomic E-state index is 0.637. The summed E-state index contributed by atoms with van der Waals surface area (Å²) in [6.07, 6.45) is 7.25. The number of nitrogens with zero attached hydrogens (tertiary/aromatic N) is 6. The van der Waals surface area contributed by atoms with Crippen molar-refractivity contribution in [2.75, 3.05) is 11.9 Å². The molecule has 0 bridgehead atoms. The van der Waals surface area contributed by atoms with Crippen LogP contribution in [0, 0.1) is 0 Å². The lowest BCUT2D eigenvalue weighted by Crippen LogP contribution is -2.14. The normalized spacial score (nSPS) is 11.1. The predicted octanol–water partition coefficient (Wildman–Crippen LogP) is 1.39. The summed E-state index contributed by atoms with van der Waals surface area (Å²) >= 11 is 0. The van der Waals surface area contributed by atoms with Crippen LogP contribution in [0.2, 0.25) is 0 Å². The fourth-order valence-electron chi connectivity index (χ4n) is 2.10. The van der Waals surface area contributed by atoms with Gasteiger partial charge in [-0.25, -0.2) is 4.98 Å². The molecule has 0 fully saturated rings. The molecule has 3 aromatic rings. The minimum absolute atomic E-state index is 0.637. The Labute approximate surface area is 116 Å². The van der Waals surface area contributed by atoms with Crippen LogP contribution >= 0.6 is 0 Å². The van der Waals surface area contributed by atoms with E-state index in [2.05, 4.69) is 32.4 Å². The third-order valence-electron chi connectivity index (χ3n) is 3.02. The summed E-state index contributed by atoms with van der Waals surface area (Å²) < 4.78 is 3.61. The maximum absolute atomic E-state index is 4.48. The monoisotopic (exact) mass is 271 g/mol. The number of rotatable bonds is 6. The van der Waals surface area contributed by atoms with Gasteiger partial charge in [-0.1, -0.05) is 13.3 Å². The molecule has 0 aromatic carbocycles. The molecule has 3 rings (SSSR count). The third kappa shape index (κ3) is 2.61. The second-order valence-corrected chi connectivity index (χ2v) is 4.55. The van der Waals surface area contributed by atoms with E-state index in [0.29, 0.717) is 5.78 Å². The number of hydrogen-bond donors (Lipinski definition) is 1. The van der Waals surface area contributed by atoms with Gasteiger partial charge in [0.15, 0.2) is 0 Å². The maximum Gasteiger partial charge on any atom is 0.254 e. The molecule has 104 valence electrons. The first-order valence-corrected chi connectivity index (χ1v) is 6.78. The van der Waals surface area contributed by atoms with E-state index < -0.39 is 0 Å². The first-order valence-electron chi connectivity index (χ1n) is 6.78. The number of nitrogens with one attached hydrogen (secondary N) is 1. The number of fused-ring (bicyclic) bond motifs is 1. The fraction of sp³-hybridized carbons (Fsp3) is 0.385. The average molecular weight is 271 g/mol. The van der Waals surface area contributed by atoms with E-state index in [4.69, 9.17) is 0 Å². The number of anilines is 1. The summed E-state index contributed by atoms with van der Waals surface area (Å²) in [4.78, 5) is 8.64. The van der Waals surface area contributed by atoms with Crippen molar-refractivity contribution in [1.29, 1.82) is 0 Å². The topological polar surface area (TPSA) is 72.9 Å². The van der Waals surface area contributed by atoms with Crippen molar-refractivity contribution in [3.05, 3.63) is 36.5 Å². The van der Waals surface area contributed by atoms with Gasteiger partial charge in [0, 0.05) is 30.7 Å². The van der Waals surface area contributed by atoms with E-state index in [1.165, 1.54) is 6.33 Å². The Balaban J connectivity index is 1.76. The van der Waals surface area contributed by atoms with Crippen LogP contribution in [0.3, 0.4) is 0 Å². The Kier molecular flexibility index (Phi) is 3.58. The van der Waals surface area contributed by atoms with Crippen molar-refractivity contribution in [1.82, 2.24) is 29.4 Å². The Morgan fingerprint density at radius 1 is 1.30 bits per heavy atom. The number of hydrogen-bond acceptors (Lipinski definition) is 5. The molecule has 0 aliphatic heterocycles. The summed E-state index contributed by atoms with van der Waals surface area (Å²) in [5.74, 6) is 1.56. The zero-order chi connectivity index (χ0) is 13.8. The SMILES string of the molecule is CCCc1cc(NCCn2cccn2)n2ncnc2n1. The highest BCUT2D eigenvalue weighted by atomic mass is 15.4. The molecule has 7 heteroatoms. The second kappa shape index (κ2) is 5.68. The van der Waals surface area contributed by atoms with Gasteiger partial charge in [0.1, 0.15) is 12.1 Å². The Morgan fingerprint density at radius 2 is 2.25 bits per heavy atom. The highest BCUT2D eigenvalue weighted by Gasteiger charge is 2.06. The first-order chi connectivity index (χ1) is 9.86. The predicted molar refractivity (Wildman–Crippen MR) is 75.5 cm³/mol. The van der Waals surface area contributed by atoms with E-state index in [1.54, 1.807) is 10.7 Å². The molecular formula is C13H17N7. The Morgan fingerprint density at radius 3 is 3.05 bits per heavy atom. The number of aromatic nitrogens is 6. The van der Waals surface area contributed by atoms with Crippen LogP contribution in [-0.2, 0) is 13.0 Å². The van der Waals surface area contributed by atoms with E-state index in [1.807, 2.05) is 23.0 Å². The molecule has 0 saturated heterocycles. The molecule has 1 N–H and O–H groups in total. The van der Waals surface area contributed by atoms with Crippen LogP contribution in [0.15, 0.2) is 30.9 Å². The minimum Gasteiger partial charge on any atom is -0.368 e. The van der Waals surface area contributed by atoms with Gasteiger partial charge in [-0.05, 0) is 12.5 Å². The van der Waals surface area contributed by atoms with Crippen LogP contribution in [0.4, 0.5) is 5.82 Å². The van der Waals surface area contributed by atoms with Crippen molar-refractivity contribution in [2.45, 2.75) is 26.3 Å². The Hall–Kier alpha value is -2.44. The van der Waals surface area contributed by atoms with E-state index in [0.717, 1.165) is 37.4 Å². The van der Waals surface area contributed by atoms with Gasteiger partial charge in [-0.15, -0.1) is 0 Å². The van der Waals surface area contributed by atoms with Gasteiger partial charge in [-0.3, -0.25) is 4.68 Å². The molecule has 0 amide bonds. The summed E-state index contributed by atoms with van der Waals surface area (Å²) in [7, 11) is 0. The van der Waals surface area contributed by atoms with Gasteiger partial charge in [0.2, 0.25) is 0 Å². The van der Waals surface area contributed by atoms with Crippen LogP contribution < -0.4 is 5.32 Å². The zero-order valence-corrected chi connectivity index (χ0v) is 11.4. The molecule has 3 aromatic heterocycles. The van der Waals surface area contributed by atoms with Crippen molar-refractivity contribution in [2.24, 2.45) is 0 Å². The van der Waals surface area contributed by atoms with Crippen LogP contribution in [0.25, 0.3) is 5.78 Å². The largest absolute Gasteiger partial charge is 0.368 e. The molecule has 0 saturated carbocycles. The standard InChI is InChI=1S/C13H17N7/c1-2-4-11-9-12(20-13(18-11)15-10-17-20)14-6-8-19-7-3-5-16-19/h3,5,7,9-10,14H,2,4,6,8H2,1H3. The summed E-state index contributed by atoms with van der Waals surface area (Å²) in [5.41, 5.74) is 1.04. The smallest absolute Gasteiger partial charge is 0.254 e. The average Bonchev–Trinajstić information content (AvgIpc) is 3.09. The van der Waals surface area contributed by atoms with Crippen molar-refractivity contribution in [3.63, 3.8) is 0 Å². The molecule has 3 heterocycles. The van der Waals surface area contributed by atoms with Crippen molar-refractivity contribution >= 4 is 11.6 Å². The zero-order valence-electron chi connectivity index (χ0n) is 11.4. The summed E-state index contributed by atoms with van der Waals surface area (Å²) in [6.45, 7) is 3.71. The van der Waals surface area contributed by atoms with Crippen molar-refractivity contribution in [3.8, 4) is 0 Å². The van der Waals surface area contributed by atoms with Gasteiger partial charge >= 0.3 is 0 Å². The van der Waals surface area contributed by atoms with Gasteiger partial charge in [0.05, 0.1) is 6.54 Å². The lowest BCUT2D eigenvalue weighted by atomic mass is 10.2. The van der Waals surface area contributed by atoms with Crippen molar-refractivity contribution < 1.29 is 0 Å². The third-order valence-corrected chi connectivity index (χ3v) is 3.02. The highest BCUT2D eigenvalue weighted by molar-refractivity contribution is 5.44. The molecule has 0 atom stereocenters. The molecule has 7 nitrogen and oxygen atoms in total. The van der Waals surface area contributed by atoms with Gasteiger partial charge in [0.25, 0.3) is 5.78 Å². The number of aryl methyl sites for hydroxylation is 1. The molecule has 0 radical (unpaired) electrons.